The molecule has 0 radical (unpaired) electrons. The fraction of sp³-hybridized carbons (Fsp3) is 0.118. The minimum atomic E-state index is -4.66. The molecule has 5 nitrogen and oxygen atoms in total. The lowest BCUT2D eigenvalue weighted by Gasteiger charge is -2.10. The van der Waals surface area contributed by atoms with E-state index in [9.17, 15) is 17.6 Å². The van der Waals surface area contributed by atoms with Crippen molar-refractivity contribution < 1.29 is 22.3 Å². The topological polar surface area (TPSA) is 59.4 Å². The Labute approximate surface area is 155 Å². The Kier molecular flexibility index (Phi) is 5.36. The molecule has 0 fully saturated rings. The Morgan fingerprint density at radius 1 is 1.15 bits per heavy atom. The second-order valence-electron chi connectivity index (χ2n) is 5.20. The molecule has 0 saturated carbocycles. The molecular weight excluding hydrogens is 384 g/mol. The zero-order valence-corrected chi connectivity index (χ0v) is 14.6. The number of rotatable bonds is 5. The number of nitrogens with zero attached hydrogens (tertiary/aromatic N) is 3. The third-order valence-electron chi connectivity index (χ3n) is 3.33. The van der Waals surface area contributed by atoms with Crippen LogP contribution in [-0.2, 0) is 6.18 Å². The number of nitrogens with one attached hydrogen (secondary N) is 1. The van der Waals surface area contributed by atoms with Crippen LogP contribution in [0.2, 0.25) is 0 Å². The van der Waals surface area contributed by atoms with Crippen LogP contribution in [-0.4, -0.2) is 23.3 Å². The summed E-state index contributed by atoms with van der Waals surface area (Å²) in [4.78, 5) is 8.00. The summed E-state index contributed by atoms with van der Waals surface area (Å²) in [7, 11) is 1.45. The lowest BCUT2D eigenvalue weighted by molar-refractivity contribution is -0.141. The summed E-state index contributed by atoms with van der Waals surface area (Å²) in [5, 5.41) is 3.37. The molecule has 10 heteroatoms. The molecule has 0 amide bonds. The van der Waals surface area contributed by atoms with E-state index in [1.807, 2.05) is 0 Å². The van der Waals surface area contributed by atoms with Crippen LogP contribution in [0.1, 0.15) is 10.6 Å². The van der Waals surface area contributed by atoms with Crippen molar-refractivity contribution in [3.63, 3.8) is 0 Å². The van der Waals surface area contributed by atoms with Crippen LogP contribution in [0.3, 0.4) is 0 Å². The van der Waals surface area contributed by atoms with Gasteiger partial charge in [0.25, 0.3) is 0 Å². The summed E-state index contributed by atoms with van der Waals surface area (Å²) in [5.41, 5.74) is 1.72. The normalized spacial score (nSPS) is 11.7. The molecule has 0 aliphatic heterocycles. The van der Waals surface area contributed by atoms with Crippen LogP contribution in [0.5, 0.6) is 5.75 Å². The summed E-state index contributed by atoms with van der Waals surface area (Å²) < 4.78 is 57.6. The third-order valence-corrected chi connectivity index (χ3v) is 4.14. The maximum absolute atomic E-state index is 13.2. The smallest absolute Gasteiger partial charge is 0.433 e. The molecule has 0 aliphatic rings. The Morgan fingerprint density at radius 2 is 1.96 bits per heavy atom. The Bertz CT molecular complexity index is 972. The Morgan fingerprint density at radius 3 is 2.63 bits per heavy atom. The van der Waals surface area contributed by atoms with Gasteiger partial charge in [0.2, 0.25) is 5.95 Å². The molecule has 0 atom stereocenters. The van der Waals surface area contributed by atoms with Gasteiger partial charge in [0.05, 0.1) is 23.9 Å². The van der Waals surface area contributed by atoms with E-state index in [-0.39, 0.29) is 11.6 Å². The lowest BCUT2D eigenvalue weighted by atomic mass is 10.1. The molecule has 3 rings (SSSR count). The summed E-state index contributed by atoms with van der Waals surface area (Å²) in [6.07, 6.45) is -3.39. The molecule has 140 valence electrons. The summed E-state index contributed by atoms with van der Waals surface area (Å²) in [6, 6.07) is 10.1. The van der Waals surface area contributed by atoms with Crippen LogP contribution in [0.15, 0.2) is 47.6 Å². The number of hydrazone groups is 1. The van der Waals surface area contributed by atoms with Gasteiger partial charge in [-0.15, -0.1) is 11.3 Å². The molecule has 2 aromatic heterocycles. The number of anilines is 1. The number of hydrogen-bond acceptors (Lipinski definition) is 6. The zero-order chi connectivity index (χ0) is 19.4. The monoisotopic (exact) mass is 396 g/mol. The van der Waals surface area contributed by atoms with E-state index in [0.29, 0.717) is 16.2 Å². The van der Waals surface area contributed by atoms with Gasteiger partial charge in [0.1, 0.15) is 5.75 Å². The van der Waals surface area contributed by atoms with Crippen molar-refractivity contribution in [2.45, 2.75) is 6.18 Å². The minimum absolute atomic E-state index is 0.0519. The Hall–Kier alpha value is -3.01. The third kappa shape index (κ3) is 4.79. The number of ether oxygens (including phenoxy) is 1. The second kappa shape index (κ2) is 7.70. The van der Waals surface area contributed by atoms with Gasteiger partial charge in [-0.1, -0.05) is 12.1 Å². The highest BCUT2D eigenvalue weighted by Gasteiger charge is 2.33. The average Bonchev–Trinajstić information content (AvgIpc) is 3.06. The first-order valence-electron chi connectivity index (χ1n) is 7.50. The van der Waals surface area contributed by atoms with E-state index in [2.05, 4.69) is 20.5 Å². The van der Waals surface area contributed by atoms with Gasteiger partial charge in [0.15, 0.2) is 10.8 Å². The van der Waals surface area contributed by atoms with Crippen LogP contribution in [0.4, 0.5) is 23.5 Å². The highest BCUT2D eigenvalue weighted by Crippen LogP contribution is 2.32. The zero-order valence-electron chi connectivity index (χ0n) is 13.8. The van der Waals surface area contributed by atoms with E-state index in [4.69, 9.17) is 4.74 Å². The average molecular weight is 396 g/mol. The molecule has 1 N–H and O–H groups in total. The highest BCUT2D eigenvalue weighted by molar-refractivity contribution is 7.12. The fourth-order valence-electron chi connectivity index (χ4n) is 2.12. The molecule has 2 heterocycles. The van der Waals surface area contributed by atoms with Crippen molar-refractivity contribution in [2.75, 3.05) is 12.5 Å². The SMILES string of the molecule is COc1cccc(-c2cc(C(F)(F)F)nc(NN=Cc3ccc(F)s3)n2)c1. The van der Waals surface area contributed by atoms with Crippen molar-refractivity contribution in [1.29, 1.82) is 0 Å². The van der Waals surface area contributed by atoms with Crippen LogP contribution in [0, 0.1) is 5.13 Å². The molecule has 0 aliphatic carbocycles. The van der Waals surface area contributed by atoms with E-state index in [0.717, 1.165) is 17.4 Å². The minimum Gasteiger partial charge on any atom is -0.497 e. The molecule has 3 aromatic rings. The van der Waals surface area contributed by atoms with E-state index >= 15 is 0 Å². The number of benzene rings is 1. The van der Waals surface area contributed by atoms with Crippen molar-refractivity contribution in [2.24, 2.45) is 5.10 Å². The van der Waals surface area contributed by atoms with E-state index < -0.39 is 17.0 Å². The van der Waals surface area contributed by atoms with Gasteiger partial charge in [-0.25, -0.2) is 15.4 Å². The first kappa shape index (κ1) is 18.8. The van der Waals surface area contributed by atoms with Gasteiger partial charge in [-0.05, 0) is 30.3 Å². The maximum Gasteiger partial charge on any atom is 0.433 e. The maximum atomic E-state index is 13.2. The van der Waals surface area contributed by atoms with Gasteiger partial charge < -0.3 is 4.74 Å². The van der Waals surface area contributed by atoms with Crippen LogP contribution < -0.4 is 10.2 Å². The van der Waals surface area contributed by atoms with Gasteiger partial charge in [-0.3, -0.25) is 0 Å². The molecule has 0 saturated heterocycles. The number of aromatic nitrogens is 2. The molecule has 0 bridgehead atoms. The van der Waals surface area contributed by atoms with Crippen LogP contribution >= 0.6 is 11.3 Å². The summed E-state index contributed by atoms with van der Waals surface area (Å²) in [5.74, 6) is 0.142. The molecule has 27 heavy (non-hydrogen) atoms. The predicted octanol–water partition coefficient (Wildman–Crippen LogP) is 4.82. The first-order valence-corrected chi connectivity index (χ1v) is 8.32. The van der Waals surface area contributed by atoms with Crippen molar-refractivity contribution >= 4 is 23.5 Å². The molecule has 0 unspecified atom stereocenters. The largest absolute Gasteiger partial charge is 0.497 e. The van der Waals surface area contributed by atoms with Crippen molar-refractivity contribution in [1.82, 2.24) is 9.97 Å². The van der Waals surface area contributed by atoms with E-state index in [1.165, 1.54) is 25.5 Å². The quantitative estimate of drug-likeness (QED) is 0.382. The summed E-state index contributed by atoms with van der Waals surface area (Å²) in [6.45, 7) is 0. The fourth-order valence-corrected chi connectivity index (χ4v) is 2.73. The van der Waals surface area contributed by atoms with E-state index in [1.54, 1.807) is 24.3 Å². The number of thiophene rings is 1. The first-order chi connectivity index (χ1) is 12.8. The van der Waals surface area contributed by atoms with Gasteiger partial charge >= 0.3 is 6.18 Å². The number of alkyl halides is 3. The summed E-state index contributed by atoms with van der Waals surface area (Å²) >= 11 is 0.844. The molecule has 0 spiro atoms. The number of hydrogen-bond donors (Lipinski definition) is 1. The van der Waals surface area contributed by atoms with Crippen molar-refractivity contribution in [3.8, 4) is 17.0 Å². The number of methoxy groups -OCH3 is 1. The molecule has 1 aromatic carbocycles. The lowest BCUT2D eigenvalue weighted by Crippen LogP contribution is -2.11. The standard InChI is InChI=1S/C17H12F4N4OS/c1-26-11-4-2-3-10(7-11)13-8-14(17(19,20)21)24-16(23-13)25-22-9-12-5-6-15(18)27-12/h2-9H,1H3,(H,23,24,25). The number of halogens is 4. The van der Waals surface area contributed by atoms with Crippen molar-refractivity contribution in [3.05, 3.63) is 58.2 Å². The van der Waals surface area contributed by atoms with Gasteiger partial charge in [-0.2, -0.15) is 22.7 Å². The predicted molar refractivity (Wildman–Crippen MR) is 94.5 cm³/mol. The highest BCUT2D eigenvalue weighted by atomic mass is 32.1. The van der Waals surface area contributed by atoms with Gasteiger partial charge in [0, 0.05) is 5.56 Å². The van der Waals surface area contributed by atoms with Crippen LogP contribution in [0.25, 0.3) is 11.3 Å². The molecular formula is C17H12F4N4OS. The second-order valence-corrected chi connectivity index (χ2v) is 6.27. The Balaban J connectivity index is 1.94.